The molecule has 1 rings (SSSR count). The molecule has 1 aromatic carbocycles. The van der Waals surface area contributed by atoms with Crippen molar-refractivity contribution in [3.8, 4) is 6.07 Å². The summed E-state index contributed by atoms with van der Waals surface area (Å²) in [5.74, 6) is -2.37. The zero-order chi connectivity index (χ0) is 10.9. The van der Waals surface area contributed by atoms with Gasteiger partial charge in [-0.1, -0.05) is 0 Å². The smallest absolute Gasteiger partial charge is 0.207 e. The second-order valence-corrected chi connectivity index (χ2v) is 4.84. The van der Waals surface area contributed by atoms with Gasteiger partial charge in [0.15, 0.2) is 0 Å². The van der Waals surface area contributed by atoms with Gasteiger partial charge in [0, 0.05) is 16.7 Å². The molecule has 74 valence electrons. The fraction of sp³-hybridized carbons (Fsp3) is 0. The van der Waals surface area contributed by atoms with Crippen molar-refractivity contribution >= 4 is 19.7 Å². The number of hydrogen-bond donors (Lipinski definition) is 0. The molecule has 0 amide bonds. The highest BCUT2D eigenvalue weighted by molar-refractivity contribution is 8.13. The molecule has 0 saturated heterocycles. The molecule has 0 radical (unpaired) electrons. The van der Waals surface area contributed by atoms with Gasteiger partial charge in [-0.05, 0) is 6.07 Å². The lowest BCUT2D eigenvalue weighted by Crippen LogP contribution is -1.99. The van der Waals surface area contributed by atoms with E-state index in [2.05, 4.69) is 0 Å². The zero-order valence-electron chi connectivity index (χ0n) is 6.46. The van der Waals surface area contributed by atoms with E-state index in [1.54, 1.807) is 0 Å². The van der Waals surface area contributed by atoms with Crippen molar-refractivity contribution in [3.63, 3.8) is 0 Å². The van der Waals surface area contributed by atoms with Crippen LogP contribution in [0.5, 0.6) is 0 Å². The van der Waals surface area contributed by atoms with E-state index in [4.69, 9.17) is 15.9 Å². The highest BCUT2D eigenvalue weighted by Gasteiger charge is 2.20. The second-order valence-electron chi connectivity index (χ2n) is 2.31. The summed E-state index contributed by atoms with van der Waals surface area (Å²) in [7, 11) is 0.553. The van der Waals surface area contributed by atoms with Crippen LogP contribution in [0.25, 0.3) is 0 Å². The van der Waals surface area contributed by atoms with E-state index >= 15 is 0 Å². The summed E-state index contributed by atoms with van der Waals surface area (Å²) in [6, 6.07) is 2.19. The first kappa shape index (κ1) is 10.9. The summed E-state index contributed by atoms with van der Waals surface area (Å²) in [6.07, 6.45) is 0. The van der Waals surface area contributed by atoms with Gasteiger partial charge in [-0.2, -0.15) is 5.26 Å². The standard InChI is InChI=1S/C7H2ClF2NO2S/c8-14(12,13)7-2-4(9)1-6(10)5(7)3-11/h1-2H. The molecule has 0 aliphatic heterocycles. The third-order valence-electron chi connectivity index (χ3n) is 1.39. The minimum Gasteiger partial charge on any atom is -0.207 e. The summed E-state index contributed by atoms with van der Waals surface area (Å²) in [6.45, 7) is 0. The summed E-state index contributed by atoms with van der Waals surface area (Å²) in [5, 5.41) is 8.42. The normalized spacial score (nSPS) is 11.0. The molecule has 3 nitrogen and oxygen atoms in total. The average Bonchev–Trinajstić information content (AvgIpc) is 2.01. The predicted molar refractivity (Wildman–Crippen MR) is 44.1 cm³/mol. The van der Waals surface area contributed by atoms with Crippen molar-refractivity contribution in [1.29, 1.82) is 5.26 Å². The second kappa shape index (κ2) is 3.52. The molecule has 0 aromatic heterocycles. The first-order valence-electron chi connectivity index (χ1n) is 3.20. The van der Waals surface area contributed by atoms with Crippen LogP contribution in [0.15, 0.2) is 17.0 Å². The summed E-state index contributed by atoms with van der Waals surface area (Å²) in [4.78, 5) is -0.862. The van der Waals surface area contributed by atoms with Crippen LogP contribution in [0, 0.1) is 23.0 Å². The molecule has 0 aliphatic carbocycles. The first-order chi connectivity index (χ1) is 6.36. The van der Waals surface area contributed by atoms with Gasteiger partial charge in [-0.25, -0.2) is 17.2 Å². The van der Waals surface area contributed by atoms with Gasteiger partial charge in [-0.3, -0.25) is 0 Å². The van der Waals surface area contributed by atoms with Crippen LogP contribution in [0.3, 0.4) is 0 Å². The van der Waals surface area contributed by atoms with Gasteiger partial charge in [0.2, 0.25) is 0 Å². The van der Waals surface area contributed by atoms with Crippen LogP contribution >= 0.6 is 10.7 Å². The lowest BCUT2D eigenvalue weighted by Gasteiger charge is -2.00. The quantitative estimate of drug-likeness (QED) is 0.700. The van der Waals surface area contributed by atoms with E-state index in [0.29, 0.717) is 12.1 Å². The van der Waals surface area contributed by atoms with Gasteiger partial charge in [0.1, 0.15) is 28.2 Å². The number of halogens is 3. The Morgan fingerprint density at radius 3 is 2.36 bits per heavy atom. The van der Waals surface area contributed by atoms with Crippen molar-refractivity contribution in [2.24, 2.45) is 0 Å². The largest absolute Gasteiger partial charge is 0.262 e. The van der Waals surface area contributed by atoms with E-state index in [1.165, 1.54) is 6.07 Å². The molecule has 7 heteroatoms. The van der Waals surface area contributed by atoms with Gasteiger partial charge >= 0.3 is 0 Å². The van der Waals surface area contributed by atoms with E-state index in [0.717, 1.165) is 0 Å². The van der Waals surface area contributed by atoms with E-state index in [9.17, 15) is 17.2 Å². The third kappa shape index (κ3) is 2.00. The highest BCUT2D eigenvalue weighted by atomic mass is 35.7. The van der Waals surface area contributed by atoms with Crippen molar-refractivity contribution in [2.45, 2.75) is 4.90 Å². The van der Waals surface area contributed by atoms with Crippen molar-refractivity contribution in [2.75, 3.05) is 0 Å². The fourth-order valence-corrected chi connectivity index (χ4v) is 1.86. The van der Waals surface area contributed by atoms with Crippen LogP contribution in [-0.4, -0.2) is 8.42 Å². The maximum absolute atomic E-state index is 12.9. The minimum absolute atomic E-state index is 0.407. The molecule has 14 heavy (non-hydrogen) atoms. The number of hydrogen-bond acceptors (Lipinski definition) is 3. The summed E-state index contributed by atoms with van der Waals surface area (Å²) >= 11 is 0. The maximum atomic E-state index is 12.9. The molecule has 0 heterocycles. The summed E-state index contributed by atoms with van der Waals surface area (Å²) < 4.78 is 47.1. The number of benzene rings is 1. The molecule has 1 aromatic rings. The average molecular weight is 238 g/mol. The number of nitrogens with zero attached hydrogens (tertiary/aromatic N) is 1. The molecule has 0 unspecified atom stereocenters. The van der Waals surface area contributed by atoms with E-state index < -0.39 is 31.1 Å². The summed E-state index contributed by atoms with van der Waals surface area (Å²) in [5.41, 5.74) is -0.790. The Balaban J connectivity index is 3.68. The minimum atomic E-state index is -4.32. The van der Waals surface area contributed by atoms with Gasteiger partial charge in [0.25, 0.3) is 9.05 Å². The Kier molecular flexibility index (Phi) is 2.73. The van der Waals surface area contributed by atoms with Crippen LogP contribution in [0.4, 0.5) is 8.78 Å². The highest BCUT2D eigenvalue weighted by Crippen LogP contribution is 2.23. The third-order valence-corrected chi connectivity index (χ3v) is 2.74. The lowest BCUT2D eigenvalue weighted by molar-refractivity contribution is 0.567. The zero-order valence-corrected chi connectivity index (χ0v) is 8.03. The van der Waals surface area contributed by atoms with Gasteiger partial charge in [0.05, 0.1) is 0 Å². The Bertz CT molecular complexity index is 521. The van der Waals surface area contributed by atoms with E-state index in [1.807, 2.05) is 0 Å². The van der Waals surface area contributed by atoms with Crippen LogP contribution in [0.1, 0.15) is 5.56 Å². The molecule has 0 fully saturated rings. The Morgan fingerprint density at radius 1 is 1.36 bits per heavy atom. The Morgan fingerprint density at radius 2 is 1.93 bits per heavy atom. The van der Waals surface area contributed by atoms with Crippen LogP contribution < -0.4 is 0 Å². The fourth-order valence-electron chi connectivity index (χ4n) is 0.851. The molecule has 0 spiro atoms. The molecular weight excluding hydrogens is 236 g/mol. The first-order valence-corrected chi connectivity index (χ1v) is 5.51. The topological polar surface area (TPSA) is 57.9 Å². The van der Waals surface area contributed by atoms with Crippen molar-refractivity contribution in [1.82, 2.24) is 0 Å². The molecule has 0 bridgehead atoms. The number of nitriles is 1. The van der Waals surface area contributed by atoms with Crippen LogP contribution in [-0.2, 0) is 9.05 Å². The molecule has 0 aliphatic rings. The van der Waals surface area contributed by atoms with E-state index in [-0.39, 0.29) is 0 Å². The number of rotatable bonds is 1. The molecular formula is C7H2ClF2NO2S. The van der Waals surface area contributed by atoms with Crippen molar-refractivity contribution in [3.05, 3.63) is 29.3 Å². The maximum Gasteiger partial charge on any atom is 0.262 e. The monoisotopic (exact) mass is 237 g/mol. The molecule has 0 saturated carbocycles. The molecule has 0 N–H and O–H groups in total. The van der Waals surface area contributed by atoms with Gasteiger partial charge < -0.3 is 0 Å². The van der Waals surface area contributed by atoms with Crippen LogP contribution in [0.2, 0.25) is 0 Å². The molecule has 0 atom stereocenters. The Hall–Kier alpha value is -1.19. The Labute approximate surface area is 83.0 Å². The SMILES string of the molecule is N#Cc1c(F)cc(F)cc1S(=O)(=O)Cl. The lowest BCUT2D eigenvalue weighted by atomic mass is 10.2. The predicted octanol–water partition coefficient (Wildman–Crippen LogP) is 1.76. The van der Waals surface area contributed by atoms with Crippen molar-refractivity contribution < 1.29 is 17.2 Å². The van der Waals surface area contributed by atoms with Gasteiger partial charge in [-0.15, -0.1) is 0 Å².